The molecule has 0 unspecified atom stereocenters. The summed E-state index contributed by atoms with van der Waals surface area (Å²) in [5, 5.41) is 21.9. The molecule has 1 aromatic carbocycles. The van der Waals surface area contributed by atoms with Gasteiger partial charge < -0.3 is 10.0 Å². The Morgan fingerprint density at radius 2 is 2.18 bits per heavy atom. The van der Waals surface area contributed by atoms with E-state index in [0.717, 1.165) is 11.1 Å². The number of hydrogen-bond donors (Lipinski definition) is 2. The van der Waals surface area contributed by atoms with Gasteiger partial charge in [0.05, 0.1) is 6.54 Å². The van der Waals surface area contributed by atoms with Crippen molar-refractivity contribution in [2.45, 2.75) is 13.5 Å². The summed E-state index contributed by atoms with van der Waals surface area (Å²) >= 11 is 0. The fourth-order valence-corrected chi connectivity index (χ4v) is 1.61. The molecule has 0 aliphatic rings. The van der Waals surface area contributed by atoms with E-state index in [2.05, 4.69) is 5.10 Å². The van der Waals surface area contributed by atoms with Gasteiger partial charge in [-0.1, -0.05) is 6.07 Å². The van der Waals surface area contributed by atoms with Crippen LogP contribution in [0.3, 0.4) is 0 Å². The summed E-state index contributed by atoms with van der Waals surface area (Å²) in [4.78, 5) is 0. The van der Waals surface area contributed by atoms with Crippen LogP contribution in [0.5, 0.6) is 0 Å². The summed E-state index contributed by atoms with van der Waals surface area (Å²) in [5.41, 5.74) is 2.12. The minimum Gasteiger partial charge on any atom is -0.423 e. The molecule has 0 amide bonds. The smallest absolute Gasteiger partial charge is 0.423 e. The third-order valence-electron chi connectivity index (χ3n) is 2.59. The Balaban J connectivity index is 2.19. The summed E-state index contributed by atoms with van der Waals surface area (Å²) in [6.07, 6.45) is 2.94. The first-order valence-corrected chi connectivity index (χ1v) is 5.20. The van der Waals surface area contributed by atoms with Gasteiger partial charge in [-0.3, -0.25) is 4.68 Å². The number of aromatic nitrogens is 2. The van der Waals surface area contributed by atoms with Crippen molar-refractivity contribution in [2.75, 3.05) is 0 Å². The van der Waals surface area contributed by atoms with Crippen LogP contribution in [0, 0.1) is 12.7 Å². The maximum Gasteiger partial charge on any atom is 0.491 e. The minimum atomic E-state index is -1.52. The van der Waals surface area contributed by atoms with Crippen molar-refractivity contribution in [1.29, 1.82) is 0 Å². The molecule has 1 aromatic heterocycles. The number of hydrogen-bond acceptors (Lipinski definition) is 3. The highest BCUT2D eigenvalue weighted by Gasteiger charge is 2.13. The highest BCUT2D eigenvalue weighted by Crippen LogP contribution is 2.11. The number of nitrogens with zero attached hydrogens (tertiary/aromatic N) is 2. The summed E-state index contributed by atoms with van der Waals surface area (Å²) in [6.45, 7) is 2.29. The van der Waals surface area contributed by atoms with Gasteiger partial charge in [0.1, 0.15) is 5.82 Å². The van der Waals surface area contributed by atoms with Crippen LogP contribution in [0.1, 0.15) is 11.1 Å². The first-order valence-electron chi connectivity index (χ1n) is 5.20. The second-order valence-electron chi connectivity index (χ2n) is 3.92. The molecule has 0 aliphatic carbocycles. The minimum absolute atomic E-state index is 0.266. The van der Waals surface area contributed by atoms with E-state index in [4.69, 9.17) is 10.0 Å². The van der Waals surface area contributed by atoms with Crippen LogP contribution in [0.15, 0.2) is 30.6 Å². The zero-order valence-electron chi connectivity index (χ0n) is 9.34. The molecule has 2 N–H and O–H groups in total. The van der Waals surface area contributed by atoms with Gasteiger partial charge in [-0.2, -0.15) is 5.10 Å². The van der Waals surface area contributed by atoms with Crippen LogP contribution in [0.2, 0.25) is 0 Å². The van der Waals surface area contributed by atoms with E-state index in [1.807, 2.05) is 6.92 Å². The Morgan fingerprint density at radius 3 is 2.76 bits per heavy atom. The average molecular weight is 234 g/mol. The van der Waals surface area contributed by atoms with Gasteiger partial charge in [0.25, 0.3) is 0 Å². The highest BCUT2D eigenvalue weighted by atomic mass is 19.1. The van der Waals surface area contributed by atoms with Crippen LogP contribution in [0.25, 0.3) is 0 Å². The summed E-state index contributed by atoms with van der Waals surface area (Å²) in [5.74, 6) is -0.266. The molecule has 0 saturated heterocycles. The van der Waals surface area contributed by atoms with Crippen LogP contribution < -0.4 is 5.46 Å². The van der Waals surface area contributed by atoms with E-state index in [0.29, 0.717) is 12.0 Å². The standard InChI is InChI=1S/C11H12BFN2O2/c1-8-4-11(13)3-2-9(8)6-15-7-10(5-14-15)12(16)17/h2-5,7,16-17H,6H2,1H3. The molecule has 0 atom stereocenters. The number of rotatable bonds is 3. The van der Waals surface area contributed by atoms with Crippen molar-refractivity contribution in [2.24, 2.45) is 0 Å². The Bertz CT molecular complexity index is 528. The Labute approximate surface area is 98.5 Å². The van der Waals surface area contributed by atoms with Crippen molar-refractivity contribution < 1.29 is 14.4 Å². The quantitative estimate of drug-likeness (QED) is 0.738. The van der Waals surface area contributed by atoms with E-state index >= 15 is 0 Å². The third kappa shape index (κ3) is 2.72. The fraction of sp³-hybridized carbons (Fsp3) is 0.182. The zero-order chi connectivity index (χ0) is 12.4. The van der Waals surface area contributed by atoms with Crippen LogP contribution in [-0.4, -0.2) is 26.9 Å². The molecule has 0 fully saturated rings. The van der Waals surface area contributed by atoms with Crippen LogP contribution >= 0.6 is 0 Å². The Hall–Kier alpha value is -1.66. The lowest BCUT2D eigenvalue weighted by Gasteiger charge is -2.05. The molecule has 1 heterocycles. The third-order valence-corrected chi connectivity index (χ3v) is 2.59. The zero-order valence-corrected chi connectivity index (χ0v) is 9.34. The summed E-state index contributed by atoms with van der Waals surface area (Å²) in [7, 11) is -1.52. The number of aryl methyl sites for hydroxylation is 1. The van der Waals surface area contributed by atoms with E-state index in [9.17, 15) is 4.39 Å². The molecule has 0 radical (unpaired) electrons. The first kappa shape index (κ1) is 11.8. The monoisotopic (exact) mass is 234 g/mol. The Morgan fingerprint density at radius 1 is 1.41 bits per heavy atom. The highest BCUT2D eigenvalue weighted by molar-refractivity contribution is 6.58. The maximum atomic E-state index is 12.9. The van der Waals surface area contributed by atoms with Gasteiger partial charge in [-0.25, -0.2) is 4.39 Å². The second kappa shape index (κ2) is 4.69. The molecule has 0 saturated carbocycles. The second-order valence-corrected chi connectivity index (χ2v) is 3.92. The number of benzene rings is 1. The lowest BCUT2D eigenvalue weighted by atomic mass is 9.83. The van der Waals surface area contributed by atoms with Crippen molar-refractivity contribution >= 4 is 12.6 Å². The van der Waals surface area contributed by atoms with Crippen molar-refractivity contribution in [1.82, 2.24) is 9.78 Å². The molecule has 0 aliphatic heterocycles. The molecule has 2 aromatic rings. The fourth-order valence-electron chi connectivity index (χ4n) is 1.61. The van der Waals surface area contributed by atoms with Gasteiger partial charge in [-0.05, 0) is 30.2 Å². The van der Waals surface area contributed by atoms with Gasteiger partial charge in [-0.15, -0.1) is 0 Å². The molecule has 17 heavy (non-hydrogen) atoms. The summed E-state index contributed by atoms with van der Waals surface area (Å²) in [6, 6.07) is 4.55. The van der Waals surface area contributed by atoms with E-state index in [1.54, 1.807) is 16.9 Å². The first-order chi connectivity index (χ1) is 8.06. The normalized spacial score (nSPS) is 10.6. The van der Waals surface area contributed by atoms with E-state index in [-0.39, 0.29) is 5.82 Å². The Kier molecular flexibility index (Phi) is 3.26. The van der Waals surface area contributed by atoms with Crippen molar-refractivity contribution in [3.8, 4) is 0 Å². The molecular weight excluding hydrogens is 222 g/mol. The van der Waals surface area contributed by atoms with Crippen LogP contribution in [0.4, 0.5) is 4.39 Å². The molecular formula is C11H12BFN2O2. The van der Waals surface area contributed by atoms with E-state index in [1.165, 1.54) is 18.3 Å². The molecule has 0 spiro atoms. The average Bonchev–Trinajstić information content (AvgIpc) is 2.71. The molecule has 2 rings (SSSR count). The van der Waals surface area contributed by atoms with Gasteiger partial charge in [0, 0.05) is 17.9 Å². The SMILES string of the molecule is Cc1cc(F)ccc1Cn1cc(B(O)O)cn1. The predicted octanol–water partition coefficient (Wildman–Crippen LogP) is 0.0587. The van der Waals surface area contributed by atoms with Gasteiger partial charge in [0.2, 0.25) is 0 Å². The maximum absolute atomic E-state index is 12.9. The lowest BCUT2D eigenvalue weighted by Crippen LogP contribution is -2.28. The lowest BCUT2D eigenvalue weighted by molar-refractivity contribution is 0.425. The summed E-state index contributed by atoms with van der Waals surface area (Å²) < 4.78 is 14.5. The molecule has 6 heteroatoms. The number of halogens is 1. The topological polar surface area (TPSA) is 58.3 Å². The van der Waals surface area contributed by atoms with Gasteiger partial charge >= 0.3 is 7.12 Å². The molecule has 4 nitrogen and oxygen atoms in total. The van der Waals surface area contributed by atoms with Crippen molar-refractivity contribution in [3.63, 3.8) is 0 Å². The van der Waals surface area contributed by atoms with Crippen LogP contribution in [-0.2, 0) is 6.54 Å². The van der Waals surface area contributed by atoms with Gasteiger partial charge in [0.15, 0.2) is 0 Å². The van der Waals surface area contributed by atoms with Crippen molar-refractivity contribution in [3.05, 3.63) is 47.5 Å². The van der Waals surface area contributed by atoms with E-state index < -0.39 is 7.12 Å². The predicted molar refractivity (Wildman–Crippen MR) is 62.3 cm³/mol. The molecule has 0 bridgehead atoms. The molecule has 88 valence electrons. The largest absolute Gasteiger partial charge is 0.491 e.